The zero-order chi connectivity index (χ0) is 20.2. The molecule has 6 nitrogen and oxygen atoms in total. The molecule has 144 valence electrons. The largest absolute Gasteiger partial charge is 0.343 e. The van der Waals surface area contributed by atoms with E-state index in [4.69, 9.17) is 0 Å². The van der Waals surface area contributed by atoms with E-state index in [1.807, 2.05) is 43.3 Å². The van der Waals surface area contributed by atoms with Gasteiger partial charge in [-0.25, -0.2) is 9.97 Å². The highest BCUT2D eigenvalue weighted by molar-refractivity contribution is 7.21. The first-order chi connectivity index (χ1) is 14.1. The van der Waals surface area contributed by atoms with Crippen LogP contribution in [0.1, 0.15) is 15.9 Å². The summed E-state index contributed by atoms with van der Waals surface area (Å²) in [7, 11) is 0. The summed E-state index contributed by atoms with van der Waals surface area (Å²) in [5.41, 5.74) is 3.91. The maximum Gasteiger partial charge on any atom is 0.251 e. The average Bonchev–Trinajstić information content (AvgIpc) is 3.18. The number of carbonyl (C=O) groups excluding carboxylic acids is 2. The molecule has 2 amide bonds. The first kappa shape index (κ1) is 18.8. The van der Waals surface area contributed by atoms with Crippen molar-refractivity contribution < 1.29 is 9.59 Å². The minimum absolute atomic E-state index is 0.109. The lowest BCUT2D eigenvalue weighted by Crippen LogP contribution is -2.32. The second-order valence-corrected chi connectivity index (χ2v) is 7.40. The number of anilines is 1. The maximum absolute atomic E-state index is 12.3. The van der Waals surface area contributed by atoms with Crippen molar-refractivity contribution in [1.82, 2.24) is 15.3 Å². The van der Waals surface area contributed by atoms with E-state index in [0.29, 0.717) is 11.3 Å². The highest BCUT2D eigenvalue weighted by Gasteiger charge is 2.14. The van der Waals surface area contributed by atoms with Crippen LogP contribution in [0, 0.1) is 6.92 Å². The van der Waals surface area contributed by atoms with Crippen LogP contribution < -0.4 is 10.6 Å². The van der Waals surface area contributed by atoms with Gasteiger partial charge >= 0.3 is 0 Å². The topological polar surface area (TPSA) is 84.0 Å². The summed E-state index contributed by atoms with van der Waals surface area (Å²) in [5, 5.41) is 6.35. The monoisotopic (exact) mass is 402 g/mol. The molecule has 2 N–H and O–H groups in total. The van der Waals surface area contributed by atoms with Crippen LogP contribution in [0.15, 0.2) is 66.9 Å². The lowest BCUT2D eigenvalue weighted by atomic mass is 10.1. The molecule has 2 heterocycles. The summed E-state index contributed by atoms with van der Waals surface area (Å²) in [6.45, 7) is 1.83. The molecule has 2 aromatic carbocycles. The van der Waals surface area contributed by atoms with Gasteiger partial charge in [0.25, 0.3) is 5.91 Å². The molecule has 7 heteroatoms. The number of hydrogen-bond acceptors (Lipinski definition) is 5. The van der Waals surface area contributed by atoms with Gasteiger partial charge in [0.1, 0.15) is 15.4 Å². The molecule has 2 aromatic heterocycles. The van der Waals surface area contributed by atoms with Crippen LogP contribution in [-0.2, 0) is 4.79 Å². The minimum Gasteiger partial charge on any atom is -0.343 e. The van der Waals surface area contributed by atoms with Crippen LogP contribution in [0.4, 0.5) is 5.69 Å². The van der Waals surface area contributed by atoms with Crippen LogP contribution >= 0.6 is 11.3 Å². The van der Waals surface area contributed by atoms with Crippen molar-refractivity contribution >= 4 is 39.2 Å². The molecule has 0 fully saturated rings. The lowest BCUT2D eigenvalue weighted by Gasteiger charge is -2.12. The highest BCUT2D eigenvalue weighted by atomic mass is 32.1. The number of hydrogen-bond donors (Lipinski definition) is 2. The Morgan fingerprint density at radius 2 is 1.83 bits per heavy atom. The molecule has 0 aliphatic carbocycles. The molecule has 0 spiro atoms. The first-order valence-electron chi connectivity index (χ1n) is 9.06. The SMILES string of the molecule is Cc1c(NC(=O)CNC(=O)c2ccccc2)cccc1-c1nc2cccnc2s1. The smallest absolute Gasteiger partial charge is 0.251 e. The summed E-state index contributed by atoms with van der Waals surface area (Å²) < 4.78 is 0. The summed E-state index contributed by atoms with van der Waals surface area (Å²) in [4.78, 5) is 34.3. The van der Waals surface area contributed by atoms with Gasteiger partial charge in [0, 0.05) is 23.0 Å². The Kier molecular flexibility index (Phi) is 5.31. The van der Waals surface area contributed by atoms with Crippen molar-refractivity contribution in [2.45, 2.75) is 6.92 Å². The van der Waals surface area contributed by atoms with Crippen LogP contribution in [-0.4, -0.2) is 28.3 Å². The second-order valence-electron chi connectivity index (χ2n) is 6.42. The number of nitrogens with zero attached hydrogens (tertiary/aromatic N) is 2. The number of nitrogens with one attached hydrogen (secondary N) is 2. The van der Waals surface area contributed by atoms with E-state index < -0.39 is 0 Å². The fourth-order valence-corrected chi connectivity index (χ4v) is 3.92. The van der Waals surface area contributed by atoms with Gasteiger partial charge in [-0.1, -0.05) is 41.7 Å². The van der Waals surface area contributed by atoms with E-state index in [1.54, 1.807) is 30.5 Å². The summed E-state index contributed by atoms with van der Waals surface area (Å²) >= 11 is 1.51. The number of amides is 2. The van der Waals surface area contributed by atoms with E-state index in [2.05, 4.69) is 20.6 Å². The predicted octanol–water partition coefficient (Wildman–Crippen LogP) is 4.04. The number of aromatic nitrogens is 2. The third-order valence-electron chi connectivity index (χ3n) is 4.45. The van der Waals surface area contributed by atoms with Crippen molar-refractivity contribution in [2.24, 2.45) is 0 Å². The summed E-state index contributed by atoms with van der Waals surface area (Å²) in [5.74, 6) is -0.575. The number of carbonyl (C=O) groups is 2. The quantitative estimate of drug-likeness (QED) is 0.528. The Morgan fingerprint density at radius 3 is 2.62 bits per heavy atom. The Balaban J connectivity index is 1.47. The van der Waals surface area contributed by atoms with Crippen molar-refractivity contribution in [3.8, 4) is 10.6 Å². The molecule has 4 rings (SSSR count). The van der Waals surface area contributed by atoms with Crippen LogP contribution in [0.25, 0.3) is 20.9 Å². The molecule has 0 saturated carbocycles. The van der Waals surface area contributed by atoms with Crippen molar-refractivity contribution in [1.29, 1.82) is 0 Å². The maximum atomic E-state index is 12.3. The van der Waals surface area contributed by atoms with Gasteiger partial charge in [-0.3, -0.25) is 9.59 Å². The number of pyridine rings is 1. The van der Waals surface area contributed by atoms with Crippen molar-refractivity contribution in [3.05, 3.63) is 78.0 Å². The molecule has 0 unspecified atom stereocenters. The number of benzene rings is 2. The van der Waals surface area contributed by atoms with Crippen molar-refractivity contribution in [2.75, 3.05) is 11.9 Å². The second kappa shape index (κ2) is 8.20. The standard InChI is InChI=1S/C22H18N4O2S/c1-14-16(21-26-18-11-6-12-23-22(18)29-21)9-5-10-17(14)25-19(27)13-24-20(28)15-7-3-2-4-8-15/h2-12H,13H2,1H3,(H,24,28)(H,25,27). The third kappa shape index (κ3) is 4.14. The first-order valence-corrected chi connectivity index (χ1v) is 9.88. The Morgan fingerprint density at radius 1 is 1.00 bits per heavy atom. The van der Waals surface area contributed by atoms with Crippen LogP contribution in [0.2, 0.25) is 0 Å². The van der Waals surface area contributed by atoms with Crippen LogP contribution in [0.3, 0.4) is 0 Å². The van der Waals surface area contributed by atoms with Gasteiger partial charge in [0.2, 0.25) is 5.91 Å². The molecule has 4 aromatic rings. The fourth-order valence-electron chi connectivity index (χ4n) is 2.93. The molecule has 29 heavy (non-hydrogen) atoms. The average molecular weight is 402 g/mol. The molecule has 0 aliphatic rings. The Labute approximate surface area is 171 Å². The Hall–Kier alpha value is -3.58. The predicted molar refractivity (Wildman–Crippen MR) is 115 cm³/mol. The Bertz CT molecular complexity index is 1150. The van der Waals surface area contributed by atoms with E-state index in [-0.39, 0.29) is 18.4 Å². The fraction of sp³-hybridized carbons (Fsp3) is 0.0909. The normalized spacial score (nSPS) is 10.7. The molecule has 0 bridgehead atoms. The van der Waals surface area contributed by atoms with Gasteiger partial charge < -0.3 is 10.6 Å². The number of fused-ring (bicyclic) bond motifs is 1. The lowest BCUT2D eigenvalue weighted by molar-refractivity contribution is -0.115. The number of thiazole rings is 1. The summed E-state index contributed by atoms with van der Waals surface area (Å²) in [6.07, 6.45) is 1.75. The highest BCUT2D eigenvalue weighted by Crippen LogP contribution is 2.33. The molecule has 0 radical (unpaired) electrons. The zero-order valence-corrected chi connectivity index (χ0v) is 16.5. The van der Waals surface area contributed by atoms with E-state index in [1.165, 1.54) is 11.3 Å². The van der Waals surface area contributed by atoms with Gasteiger partial charge in [-0.15, -0.1) is 0 Å². The van der Waals surface area contributed by atoms with E-state index in [9.17, 15) is 9.59 Å². The summed E-state index contributed by atoms with van der Waals surface area (Å²) in [6, 6.07) is 18.3. The van der Waals surface area contributed by atoms with Gasteiger partial charge in [0.15, 0.2) is 0 Å². The van der Waals surface area contributed by atoms with Gasteiger partial charge in [0.05, 0.1) is 6.54 Å². The van der Waals surface area contributed by atoms with Gasteiger partial charge in [-0.05, 0) is 42.8 Å². The van der Waals surface area contributed by atoms with Gasteiger partial charge in [-0.2, -0.15) is 0 Å². The molecule has 0 aliphatic heterocycles. The molecular weight excluding hydrogens is 384 g/mol. The molecule has 0 atom stereocenters. The van der Waals surface area contributed by atoms with E-state index >= 15 is 0 Å². The van der Waals surface area contributed by atoms with Crippen LogP contribution in [0.5, 0.6) is 0 Å². The molecular formula is C22H18N4O2S. The minimum atomic E-state index is -0.291. The third-order valence-corrected chi connectivity index (χ3v) is 5.46. The van der Waals surface area contributed by atoms with Crippen molar-refractivity contribution in [3.63, 3.8) is 0 Å². The molecule has 0 saturated heterocycles. The number of rotatable bonds is 5. The zero-order valence-electron chi connectivity index (χ0n) is 15.7. The van der Waals surface area contributed by atoms with E-state index in [0.717, 1.165) is 26.5 Å².